The Balaban J connectivity index is 1.27. The summed E-state index contributed by atoms with van der Waals surface area (Å²) >= 11 is 0. The Morgan fingerprint density at radius 1 is 0.333 bits per heavy atom. The Kier molecular flexibility index (Phi) is 9.47. The third-order valence-corrected chi connectivity index (χ3v) is 12.0. The van der Waals surface area contributed by atoms with Crippen molar-refractivity contribution >= 4 is 38.9 Å². The zero-order valence-corrected chi connectivity index (χ0v) is 34.5. The third-order valence-electron chi connectivity index (χ3n) is 12.0. The largest absolute Gasteiger partial charge is 0.310 e. The summed E-state index contributed by atoms with van der Waals surface area (Å²) in [5.74, 6) is 0. The second kappa shape index (κ2) is 15.4. The molecule has 0 saturated carbocycles. The fourth-order valence-electron chi connectivity index (χ4n) is 9.18. The molecule has 1 aromatic heterocycles. The summed E-state index contributed by atoms with van der Waals surface area (Å²) in [5.41, 5.74) is 21.5. The van der Waals surface area contributed by atoms with E-state index in [0.717, 1.165) is 22.6 Å². The van der Waals surface area contributed by atoms with Crippen molar-refractivity contribution in [3.05, 3.63) is 229 Å². The molecule has 0 aliphatic carbocycles. The summed E-state index contributed by atoms with van der Waals surface area (Å²) in [6.45, 7) is 8.83. The van der Waals surface area contributed by atoms with Crippen molar-refractivity contribution in [2.75, 3.05) is 4.90 Å². The average Bonchev–Trinajstić information content (AvgIpc) is 3.61. The molecule has 2 nitrogen and oxygen atoms in total. The van der Waals surface area contributed by atoms with E-state index in [9.17, 15) is 0 Å². The fourth-order valence-corrected chi connectivity index (χ4v) is 9.18. The maximum absolute atomic E-state index is 2.54. The first kappa shape index (κ1) is 36.9. The second-order valence-electron chi connectivity index (χ2n) is 16.0. The van der Waals surface area contributed by atoms with Gasteiger partial charge >= 0.3 is 0 Å². The first-order chi connectivity index (χ1) is 29.4. The third kappa shape index (κ3) is 6.57. The maximum Gasteiger partial charge on any atom is 0.0619 e. The highest BCUT2D eigenvalue weighted by molar-refractivity contribution is 6.12. The molecule has 0 radical (unpaired) electrons. The van der Waals surface area contributed by atoms with E-state index in [1.54, 1.807) is 0 Å². The molecule has 60 heavy (non-hydrogen) atoms. The zero-order valence-electron chi connectivity index (χ0n) is 34.5. The smallest absolute Gasteiger partial charge is 0.0619 e. The molecule has 0 N–H and O–H groups in total. The van der Waals surface area contributed by atoms with Crippen molar-refractivity contribution in [3.8, 4) is 50.2 Å². The van der Waals surface area contributed by atoms with Crippen molar-refractivity contribution in [3.63, 3.8) is 0 Å². The monoisotopic (exact) mass is 770 g/mol. The van der Waals surface area contributed by atoms with Gasteiger partial charge in [-0.25, -0.2) is 0 Å². The molecule has 0 bridgehead atoms. The van der Waals surface area contributed by atoms with Gasteiger partial charge in [-0.1, -0.05) is 181 Å². The molecule has 0 spiro atoms. The molecule has 10 aromatic rings. The molecule has 288 valence electrons. The van der Waals surface area contributed by atoms with Crippen LogP contribution in [-0.4, -0.2) is 4.57 Å². The maximum atomic E-state index is 2.54. The molecule has 0 unspecified atom stereocenters. The lowest BCUT2D eigenvalue weighted by Crippen LogP contribution is -2.11. The molecule has 0 atom stereocenters. The van der Waals surface area contributed by atoms with Crippen molar-refractivity contribution in [1.29, 1.82) is 0 Å². The minimum absolute atomic E-state index is 1.08. The van der Waals surface area contributed by atoms with Crippen molar-refractivity contribution in [2.45, 2.75) is 27.7 Å². The molecular weight excluding hydrogens is 725 g/mol. The number of para-hydroxylation sites is 3. The van der Waals surface area contributed by atoms with Gasteiger partial charge in [0.05, 0.1) is 22.4 Å². The van der Waals surface area contributed by atoms with E-state index < -0.39 is 0 Å². The van der Waals surface area contributed by atoms with Crippen LogP contribution in [0, 0.1) is 27.7 Å². The zero-order chi connectivity index (χ0) is 40.7. The number of aryl methyl sites for hydroxylation is 4. The van der Waals surface area contributed by atoms with E-state index in [-0.39, 0.29) is 0 Å². The summed E-state index contributed by atoms with van der Waals surface area (Å²) < 4.78 is 2.54. The predicted octanol–water partition coefficient (Wildman–Crippen LogP) is 16.2. The van der Waals surface area contributed by atoms with Crippen LogP contribution in [0.2, 0.25) is 0 Å². The van der Waals surface area contributed by atoms with E-state index in [1.165, 1.54) is 88.7 Å². The van der Waals surface area contributed by atoms with Crippen LogP contribution < -0.4 is 4.90 Å². The number of nitrogens with zero attached hydrogens (tertiary/aromatic N) is 2. The van der Waals surface area contributed by atoms with Gasteiger partial charge in [0.2, 0.25) is 0 Å². The molecule has 9 aromatic carbocycles. The Bertz CT molecular complexity index is 3100. The van der Waals surface area contributed by atoms with E-state index in [1.807, 2.05) is 0 Å². The van der Waals surface area contributed by atoms with E-state index in [0.29, 0.717) is 0 Å². The van der Waals surface area contributed by atoms with Gasteiger partial charge in [-0.15, -0.1) is 0 Å². The van der Waals surface area contributed by atoms with Gasteiger partial charge in [0.25, 0.3) is 0 Å². The van der Waals surface area contributed by atoms with Crippen LogP contribution >= 0.6 is 0 Å². The minimum atomic E-state index is 1.08. The Morgan fingerprint density at radius 2 is 0.850 bits per heavy atom. The first-order valence-corrected chi connectivity index (χ1v) is 20.8. The highest BCUT2D eigenvalue weighted by Crippen LogP contribution is 2.46. The number of fused-ring (bicyclic) bond motifs is 3. The second-order valence-corrected chi connectivity index (χ2v) is 16.0. The molecule has 0 amide bonds. The number of aromatic nitrogens is 1. The fraction of sp³-hybridized carbons (Fsp3) is 0.0690. The minimum Gasteiger partial charge on any atom is -0.310 e. The highest BCUT2D eigenvalue weighted by Gasteiger charge is 2.24. The number of anilines is 3. The van der Waals surface area contributed by atoms with Crippen LogP contribution in [0.1, 0.15) is 22.3 Å². The average molecular weight is 771 g/mol. The van der Waals surface area contributed by atoms with Crippen LogP contribution in [0.3, 0.4) is 0 Å². The molecule has 2 heteroatoms. The number of hydrogen-bond acceptors (Lipinski definition) is 1. The van der Waals surface area contributed by atoms with E-state index in [4.69, 9.17) is 0 Å². The quantitative estimate of drug-likeness (QED) is 0.149. The van der Waals surface area contributed by atoms with E-state index >= 15 is 0 Å². The summed E-state index contributed by atoms with van der Waals surface area (Å²) in [5, 5.41) is 2.44. The van der Waals surface area contributed by atoms with Gasteiger partial charge in [-0.05, 0) is 103 Å². The van der Waals surface area contributed by atoms with Crippen molar-refractivity contribution in [1.82, 2.24) is 4.57 Å². The molecule has 1 heterocycles. The number of benzene rings is 9. The highest BCUT2D eigenvalue weighted by atomic mass is 15.1. The molecular formula is C58H46N2. The Morgan fingerprint density at radius 3 is 1.50 bits per heavy atom. The molecule has 10 rings (SSSR count). The summed E-state index contributed by atoms with van der Waals surface area (Å²) in [7, 11) is 0. The number of hydrogen-bond donors (Lipinski definition) is 0. The summed E-state index contributed by atoms with van der Waals surface area (Å²) in [6, 6.07) is 75.6. The molecule has 0 aliphatic rings. The molecule has 0 saturated heterocycles. The van der Waals surface area contributed by atoms with Gasteiger partial charge in [-0.2, -0.15) is 0 Å². The van der Waals surface area contributed by atoms with Crippen LogP contribution in [0.15, 0.2) is 206 Å². The van der Waals surface area contributed by atoms with Gasteiger partial charge in [-0.3, -0.25) is 0 Å². The predicted molar refractivity (Wildman–Crippen MR) is 256 cm³/mol. The topological polar surface area (TPSA) is 8.17 Å². The van der Waals surface area contributed by atoms with Crippen molar-refractivity contribution < 1.29 is 0 Å². The van der Waals surface area contributed by atoms with E-state index in [2.05, 4.69) is 243 Å². The Labute approximate surface area is 353 Å². The van der Waals surface area contributed by atoms with Gasteiger partial charge in [0.1, 0.15) is 0 Å². The normalized spacial score (nSPS) is 11.3. The Hall–Kier alpha value is -7.42. The van der Waals surface area contributed by atoms with Gasteiger partial charge in [0, 0.05) is 38.8 Å². The summed E-state index contributed by atoms with van der Waals surface area (Å²) in [6.07, 6.45) is 0. The van der Waals surface area contributed by atoms with Gasteiger partial charge in [0.15, 0.2) is 0 Å². The lowest BCUT2D eigenvalue weighted by Gasteiger charge is -2.28. The molecule has 0 aliphatic heterocycles. The lowest BCUT2D eigenvalue weighted by molar-refractivity contribution is 1.17. The SMILES string of the molecule is Cc1ccc(-c2cccc(-c3ccc(C)cc3C)c2-n2c3ccccc3c3ccc(N(c4ccc(-c5ccccc5)cc4)c4ccccc4-c4ccccc4)cc32)c(C)c1. The lowest BCUT2D eigenvalue weighted by atomic mass is 9.90. The van der Waals surface area contributed by atoms with Gasteiger partial charge < -0.3 is 9.47 Å². The molecule has 0 fully saturated rings. The van der Waals surface area contributed by atoms with Crippen LogP contribution in [0.25, 0.3) is 72.0 Å². The number of rotatable bonds is 8. The summed E-state index contributed by atoms with van der Waals surface area (Å²) in [4.78, 5) is 2.43. The van der Waals surface area contributed by atoms with Crippen molar-refractivity contribution in [2.24, 2.45) is 0 Å². The first-order valence-electron chi connectivity index (χ1n) is 20.8. The van der Waals surface area contributed by atoms with Crippen LogP contribution in [-0.2, 0) is 0 Å². The van der Waals surface area contributed by atoms with Crippen LogP contribution in [0.4, 0.5) is 17.1 Å². The standard InChI is InChI=1S/C58H46N2/c1-39-26-33-48(41(3)36-39)53-22-15-23-54(49-34-27-40(2)37-42(49)4)58(53)60-56-25-14-12-21-51(56)52-35-32-47(38-57(52)60)59(46-30-28-44(29-31-46)43-16-7-5-8-17-43)55-24-13-11-20-50(55)45-18-9-6-10-19-45/h5-38H,1-4H3. The van der Waals surface area contributed by atoms with Crippen LogP contribution in [0.5, 0.6) is 0 Å².